The standard InChI is InChI=1S/C23H21ClFN3O4S/c1-16(17-8-10-18(25)11-9-17)26-27-23(29)15-28(19-12-13-22(32-2)21(24)14-19)33(30,31)20-6-4-3-5-7-20/h3-14H,15H2,1-2H3,(H,27,29)/b26-16-. The topological polar surface area (TPSA) is 88.1 Å². The molecule has 0 saturated heterocycles. The average molecular weight is 490 g/mol. The second kappa shape index (κ2) is 10.5. The van der Waals surface area contributed by atoms with Crippen molar-refractivity contribution in [3.63, 3.8) is 0 Å². The summed E-state index contributed by atoms with van der Waals surface area (Å²) < 4.78 is 45.8. The number of amides is 1. The summed E-state index contributed by atoms with van der Waals surface area (Å²) in [5.74, 6) is -0.708. The number of rotatable bonds is 8. The third-order valence-corrected chi connectivity index (χ3v) is 6.74. The van der Waals surface area contributed by atoms with Gasteiger partial charge in [0.2, 0.25) is 0 Å². The quantitative estimate of drug-likeness (QED) is 0.379. The van der Waals surface area contributed by atoms with Gasteiger partial charge in [-0.1, -0.05) is 41.9 Å². The van der Waals surface area contributed by atoms with E-state index in [-0.39, 0.29) is 15.6 Å². The summed E-state index contributed by atoms with van der Waals surface area (Å²) in [5.41, 5.74) is 3.56. The molecule has 0 unspecified atom stereocenters. The molecule has 0 saturated carbocycles. The van der Waals surface area contributed by atoms with Crippen LogP contribution < -0.4 is 14.5 Å². The van der Waals surface area contributed by atoms with Crippen LogP contribution in [-0.2, 0) is 14.8 Å². The molecule has 0 aliphatic carbocycles. The summed E-state index contributed by atoms with van der Waals surface area (Å²) in [7, 11) is -2.66. The lowest BCUT2D eigenvalue weighted by Crippen LogP contribution is -2.39. The molecule has 172 valence electrons. The first kappa shape index (κ1) is 24.2. The normalized spacial score (nSPS) is 11.7. The molecule has 1 amide bonds. The van der Waals surface area contributed by atoms with Crippen LogP contribution in [0.1, 0.15) is 12.5 Å². The van der Waals surface area contributed by atoms with Crippen molar-refractivity contribution in [2.24, 2.45) is 5.10 Å². The van der Waals surface area contributed by atoms with Gasteiger partial charge in [0.1, 0.15) is 18.1 Å². The number of hydrogen-bond donors (Lipinski definition) is 1. The molecule has 0 aliphatic rings. The van der Waals surface area contributed by atoms with Crippen molar-refractivity contribution in [2.45, 2.75) is 11.8 Å². The highest BCUT2D eigenvalue weighted by molar-refractivity contribution is 7.92. The number of sulfonamides is 1. The summed E-state index contributed by atoms with van der Waals surface area (Å²) >= 11 is 6.19. The Morgan fingerprint density at radius 3 is 2.36 bits per heavy atom. The van der Waals surface area contributed by atoms with E-state index < -0.39 is 28.3 Å². The Balaban J connectivity index is 1.89. The zero-order valence-corrected chi connectivity index (χ0v) is 19.4. The van der Waals surface area contributed by atoms with E-state index in [1.807, 2.05) is 0 Å². The van der Waals surface area contributed by atoms with Gasteiger partial charge in [0.05, 0.1) is 28.4 Å². The van der Waals surface area contributed by atoms with Gasteiger partial charge in [0.25, 0.3) is 15.9 Å². The molecule has 3 aromatic carbocycles. The van der Waals surface area contributed by atoms with Crippen LogP contribution in [0.3, 0.4) is 0 Å². The molecule has 0 bridgehead atoms. The van der Waals surface area contributed by atoms with Gasteiger partial charge in [-0.3, -0.25) is 9.10 Å². The van der Waals surface area contributed by atoms with Crippen molar-refractivity contribution in [3.05, 3.63) is 89.2 Å². The molecule has 0 aromatic heterocycles. The molecule has 0 spiro atoms. The van der Waals surface area contributed by atoms with Crippen molar-refractivity contribution < 1.29 is 22.3 Å². The predicted octanol–water partition coefficient (Wildman–Crippen LogP) is 4.22. The molecule has 3 rings (SSSR count). The summed E-state index contributed by atoms with van der Waals surface area (Å²) in [6.07, 6.45) is 0. The highest BCUT2D eigenvalue weighted by atomic mass is 35.5. The van der Waals surface area contributed by atoms with Crippen molar-refractivity contribution in [2.75, 3.05) is 18.0 Å². The van der Waals surface area contributed by atoms with E-state index in [1.54, 1.807) is 25.1 Å². The molecule has 0 fully saturated rings. The fraction of sp³-hybridized carbons (Fsp3) is 0.130. The number of methoxy groups -OCH3 is 1. The summed E-state index contributed by atoms with van der Waals surface area (Å²) in [5, 5.41) is 4.19. The van der Waals surface area contributed by atoms with E-state index in [4.69, 9.17) is 16.3 Å². The molecule has 0 atom stereocenters. The van der Waals surface area contributed by atoms with Crippen molar-refractivity contribution in [1.82, 2.24) is 5.43 Å². The number of ether oxygens (including phenoxy) is 1. The van der Waals surface area contributed by atoms with Crippen LogP contribution in [0.2, 0.25) is 5.02 Å². The maximum atomic E-state index is 13.3. The highest BCUT2D eigenvalue weighted by Crippen LogP contribution is 2.31. The zero-order chi connectivity index (χ0) is 24.0. The van der Waals surface area contributed by atoms with E-state index in [2.05, 4.69) is 10.5 Å². The molecule has 3 aromatic rings. The second-order valence-electron chi connectivity index (χ2n) is 6.88. The van der Waals surface area contributed by atoms with Crippen LogP contribution in [0.25, 0.3) is 0 Å². The van der Waals surface area contributed by atoms with Crippen LogP contribution in [0.15, 0.2) is 82.8 Å². The molecule has 0 heterocycles. The molecule has 0 aliphatic heterocycles. The first-order chi connectivity index (χ1) is 15.7. The van der Waals surface area contributed by atoms with E-state index in [9.17, 15) is 17.6 Å². The lowest BCUT2D eigenvalue weighted by atomic mass is 10.1. The molecule has 10 heteroatoms. The summed E-state index contributed by atoms with van der Waals surface area (Å²) in [6, 6.07) is 17.7. The number of benzene rings is 3. The van der Waals surface area contributed by atoms with Gasteiger partial charge in [-0.2, -0.15) is 5.10 Å². The summed E-state index contributed by atoms with van der Waals surface area (Å²) in [6.45, 7) is 1.08. The smallest absolute Gasteiger partial charge is 0.264 e. The van der Waals surface area contributed by atoms with Gasteiger partial charge in [-0.15, -0.1) is 0 Å². The largest absolute Gasteiger partial charge is 0.495 e. The van der Waals surface area contributed by atoms with E-state index in [0.29, 0.717) is 17.0 Å². The number of nitrogens with one attached hydrogen (secondary N) is 1. The fourth-order valence-electron chi connectivity index (χ4n) is 2.91. The first-order valence-corrected chi connectivity index (χ1v) is 11.5. The van der Waals surface area contributed by atoms with Crippen molar-refractivity contribution >= 4 is 38.9 Å². The minimum atomic E-state index is -4.10. The Morgan fingerprint density at radius 1 is 1.09 bits per heavy atom. The van der Waals surface area contributed by atoms with Gasteiger partial charge in [-0.05, 0) is 55.0 Å². The lowest BCUT2D eigenvalue weighted by molar-refractivity contribution is -0.119. The molecule has 0 radical (unpaired) electrons. The summed E-state index contributed by atoms with van der Waals surface area (Å²) in [4.78, 5) is 12.7. The zero-order valence-electron chi connectivity index (χ0n) is 17.8. The minimum Gasteiger partial charge on any atom is -0.495 e. The number of anilines is 1. The number of carbonyl (C=O) groups excluding carboxylic acids is 1. The van der Waals surface area contributed by atoms with Crippen LogP contribution in [-0.4, -0.2) is 33.7 Å². The van der Waals surface area contributed by atoms with E-state index in [1.165, 1.54) is 61.7 Å². The SMILES string of the molecule is COc1ccc(N(CC(=O)N/N=C(/C)c2ccc(F)cc2)S(=O)(=O)c2ccccc2)cc1Cl. The Hall–Kier alpha value is -3.43. The second-order valence-corrected chi connectivity index (χ2v) is 9.15. The van der Waals surface area contributed by atoms with Crippen LogP contribution in [0.5, 0.6) is 5.75 Å². The molecule has 33 heavy (non-hydrogen) atoms. The Kier molecular flexibility index (Phi) is 7.67. The fourth-order valence-corrected chi connectivity index (χ4v) is 4.60. The van der Waals surface area contributed by atoms with Gasteiger partial charge in [0.15, 0.2) is 0 Å². The molecule has 7 nitrogen and oxygen atoms in total. The predicted molar refractivity (Wildman–Crippen MR) is 126 cm³/mol. The molecular weight excluding hydrogens is 469 g/mol. The monoisotopic (exact) mass is 489 g/mol. The highest BCUT2D eigenvalue weighted by Gasteiger charge is 2.27. The van der Waals surface area contributed by atoms with E-state index >= 15 is 0 Å². The van der Waals surface area contributed by atoms with Gasteiger partial charge in [0, 0.05) is 0 Å². The molecular formula is C23H21ClFN3O4S. The minimum absolute atomic E-state index is 0.00994. The van der Waals surface area contributed by atoms with E-state index in [0.717, 1.165) is 4.31 Å². The van der Waals surface area contributed by atoms with Gasteiger partial charge in [-0.25, -0.2) is 18.2 Å². The first-order valence-electron chi connectivity index (χ1n) is 9.73. The Morgan fingerprint density at radius 2 is 1.76 bits per heavy atom. The van der Waals surface area contributed by atoms with Crippen LogP contribution in [0, 0.1) is 5.82 Å². The van der Waals surface area contributed by atoms with Gasteiger partial charge >= 0.3 is 0 Å². The number of carbonyl (C=O) groups is 1. The third-order valence-electron chi connectivity index (χ3n) is 4.65. The van der Waals surface area contributed by atoms with Crippen molar-refractivity contribution in [3.8, 4) is 5.75 Å². The van der Waals surface area contributed by atoms with Crippen molar-refractivity contribution in [1.29, 1.82) is 0 Å². The van der Waals surface area contributed by atoms with Crippen LogP contribution >= 0.6 is 11.6 Å². The number of hydrogen-bond acceptors (Lipinski definition) is 5. The number of halogens is 2. The lowest BCUT2D eigenvalue weighted by Gasteiger charge is -2.24. The Labute approximate surface area is 196 Å². The maximum absolute atomic E-state index is 13.3. The maximum Gasteiger partial charge on any atom is 0.264 e. The average Bonchev–Trinajstić information content (AvgIpc) is 2.82. The molecule has 1 N–H and O–H groups in total. The number of hydrazone groups is 1. The Bertz CT molecular complexity index is 1270. The van der Waals surface area contributed by atoms with Crippen LogP contribution in [0.4, 0.5) is 10.1 Å². The van der Waals surface area contributed by atoms with Gasteiger partial charge < -0.3 is 4.74 Å². The third kappa shape index (κ3) is 5.88. The number of nitrogens with zero attached hydrogens (tertiary/aromatic N) is 2.